The molecule has 5 nitrogen and oxygen atoms in total. The lowest BCUT2D eigenvalue weighted by Crippen LogP contribution is -2.33. The molecule has 0 saturated carbocycles. The predicted molar refractivity (Wildman–Crippen MR) is 127 cm³/mol. The lowest BCUT2D eigenvalue weighted by atomic mass is 10.1. The van der Waals surface area contributed by atoms with Gasteiger partial charge in [-0.3, -0.25) is 4.79 Å². The van der Waals surface area contributed by atoms with Gasteiger partial charge in [-0.2, -0.15) is 34.8 Å². The third-order valence-corrected chi connectivity index (χ3v) is 6.50. The zero-order valence-corrected chi connectivity index (χ0v) is 21.0. The summed E-state index contributed by atoms with van der Waals surface area (Å²) in [4.78, 5) is 13.8. The number of amides is 1. The first-order valence-electron chi connectivity index (χ1n) is 11.2. The summed E-state index contributed by atoms with van der Waals surface area (Å²) in [7, 11) is -4.61. The lowest BCUT2D eigenvalue weighted by Gasteiger charge is -2.25. The molecule has 0 bridgehead atoms. The molecule has 0 unspecified atom stereocenters. The van der Waals surface area contributed by atoms with Crippen molar-refractivity contribution in [2.24, 2.45) is 5.92 Å². The number of benzene rings is 3. The van der Waals surface area contributed by atoms with E-state index in [9.17, 15) is 39.6 Å². The van der Waals surface area contributed by atoms with Crippen molar-refractivity contribution < 1.29 is 43.7 Å². The second-order valence-electron chi connectivity index (χ2n) is 8.87. The second kappa shape index (κ2) is 11.1. The summed E-state index contributed by atoms with van der Waals surface area (Å²) in [5, 5.41) is 0. The van der Waals surface area contributed by atoms with Crippen LogP contribution in [-0.4, -0.2) is 25.8 Å². The van der Waals surface area contributed by atoms with Crippen LogP contribution in [0.25, 0.3) is 0 Å². The van der Waals surface area contributed by atoms with Gasteiger partial charge in [0.15, 0.2) is 0 Å². The zero-order chi connectivity index (χ0) is 28.3. The van der Waals surface area contributed by atoms with Gasteiger partial charge in [0, 0.05) is 18.7 Å². The van der Waals surface area contributed by atoms with Crippen LogP contribution < -0.4 is 4.18 Å². The van der Waals surface area contributed by atoms with Crippen molar-refractivity contribution >= 4 is 16.0 Å². The minimum atomic E-state index is -4.75. The van der Waals surface area contributed by atoms with Crippen molar-refractivity contribution in [2.75, 3.05) is 6.54 Å². The Balaban J connectivity index is 1.83. The van der Waals surface area contributed by atoms with Crippen LogP contribution in [0.1, 0.15) is 40.9 Å². The highest BCUT2D eigenvalue weighted by molar-refractivity contribution is 7.87. The summed E-state index contributed by atoms with van der Waals surface area (Å²) in [6, 6.07) is 12.6. The highest BCUT2D eigenvalue weighted by atomic mass is 32.2. The minimum absolute atomic E-state index is 0.00545. The predicted octanol–water partition coefficient (Wildman–Crippen LogP) is 6.79. The van der Waals surface area contributed by atoms with Crippen LogP contribution in [-0.2, 0) is 29.0 Å². The molecule has 0 fully saturated rings. The topological polar surface area (TPSA) is 63.7 Å². The van der Waals surface area contributed by atoms with E-state index in [0.717, 1.165) is 42.5 Å². The Morgan fingerprint density at radius 1 is 0.842 bits per heavy atom. The van der Waals surface area contributed by atoms with Crippen LogP contribution in [0.3, 0.4) is 0 Å². The first-order chi connectivity index (χ1) is 17.6. The van der Waals surface area contributed by atoms with E-state index in [1.165, 1.54) is 23.1 Å². The van der Waals surface area contributed by atoms with Crippen molar-refractivity contribution in [1.82, 2.24) is 4.90 Å². The van der Waals surface area contributed by atoms with E-state index in [-0.39, 0.29) is 30.3 Å². The van der Waals surface area contributed by atoms with Gasteiger partial charge in [0.25, 0.3) is 5.91 Å². The maximum absolute atomic E-state index is 13.1. The molecule has 0 aliphatic heterocycles. The number of alkyl halides is 6. The normalized spacial score (nSPS) is 12.4. The van der Waals surface area contributed by atoms with Gasteiger partial charge in [-0.15, -0.1) is 0 Å². The summed E-state index contributed by atoms with van der Waals surface area (Å²) in [5.74, 6) is -0.726. The summed E-state index contributed by atoms with van der Waals surface area (Å²) in [6.07, 6.45) is -9.29. The number of nitrogens with zero attached hydrogens (tertiary/aromatic N) is 1. The van der Waals surface area contributed by atoms with Gasteiger partial charge in [0.05, 0.1) is 11.1 Å². The Kier molecular flexibility index (Phi) is 8.45. The van der Waals surface area contributed by atoms with Crippen LogP contribution in [0.15, 0.2) is 77.7 Å². The molecule has 0 heterocycles. The molecule has 0 aliphatic rings. The summed E-state index contributed by atoms with van der Waals surface area (Å²) >= 11 is 0. The first kappa shape index (κ1) is 29.0. The average molecular weight is 560 g/mol. The second-order valence-corrected chi connectivity index (χ2v) is 10.4. The molecule has 1 amide bonds. The van der Waals surface area contributed by atoms with E-state index in [4.69, 9.17) is 4.18 Å². The fraction of sp³-hybridized carbons (Fsp3) is 0.269. The molecule has 0 spiro atoms. The lowest BCUT2D eigenvalue weighted by molar-refractivity contribution is -0.138. The molecule has 0 N–H and O–H groups in total. The molecule has 0 radical (unpaired) electrons. The molecule has 204 valence electrons. The molecular formula is C26H23F6NO4S. The number of hydrogen-bond donors (Lipinski definition) is 0. The van der Waals surface area contributed by atoms with Crippen molar-refractivity contribution in [3.63, 3.8) is 0 Å². The fourth-order valence-corrected chi connectivity index (χ4v) is 4.53. The van der Waals surface area contributed by atoms with Crippen molar-refractivity contribution in [1.29, 1.82) is 0 Å². The van der Waals surface area contributed by atoms with Crippen molar-refractivity contribution in [3.05, 3.63) is 95.1 Å². The van der Waals surface area contributed by atoms with E-state index in [2.05, 4.69) is 0 Å². The Hall–Kier alpha value is -3.54. The maximum atomic E-state index is 13.1. The smallest absolute Gasteiger partial charge is 0.379 e. The van der Waals surface area contributed by atoms with E-state index >= 15 is 0 Å². The molecule has 38 heavy (non-hydrogen) atoms. The Labute approximate surface area is 215 Å². The Morgan fingerprint density at radius 3 is 2.03 bits per heavy atom. The Bertz CT molecular complexity index is 1380. The molecule has 0 atom stereocenters. The molecule has 0 saturated heterocycles. The number of carbonyl (C=O) groups excluding carboxylic acids is 1. The van der Waals surface area contributed by atoms with Crippen LogP contribution in [0.5, 0.6) is 5.75 Å². The third kappa shape index (κ3) is 7.50. The van der Waals surface area contributed by atoms with E-state index < -0.39 is 44.4 Å². The van der Waals surface area contributed by atoms with Crippen LogP contribution in [0.4, 0.5) is 26.3 Å². The van der Waals surface area contributed by atoms with Crippen LogP contribution in [0, 0.1) is 5.92 Å². The van der Waals surface area contributed by atoms with Crippen molar-refractivity contribution in [3.8, 4) is 5.75 Å². The van der Waals surface area contributed by atoms with Gasteiger partial charge in [-0.05, 0) is 66.1 Å². The zero-order valence-electron chi connectivity index (χ0n) is 20.2. The first-order valence-corrected chi connectivity index (χ1v) is 12.6. The largest absolute Gasteiger partial charge is 0.416 e. The maximum Gasteiger partial charge on any atom is 0.416 e. The molecule has 0 aliphatic carbocycles. The molecule has 3 rings (SSSR count). The molecule has 0 aromatic heterocycles. The molecular weight excluding hydrogens is 536 g/mol. The monoisotopic (exact) mass is 559 g/mol. The van der Waals surface area contributed by atoms with Gasteiger partial charge in [-0.1, -0.05) is 32.0 Å². The Morgan fingerprint density at radius 2 is 1.45 bits per heavy atom. The summed E-state index contributed by atoms with van der Waals surface area (Å²) in [6.45, 7) is 3.90. The number of halogens is 6. The average Bonchev–Trinajstić information content (AvgIpc) is 2.82. The fourth-order valence-electron chi connectivity index (χ4n) is 3.56. The van der Waals surface area contributed by atoms with Crippen molar-refractivity contribution in [2.45, 2.75) is 37.6 Å². The quantitative estimate of drug-likeness (QED) is 0.225. The SMILES string of the molecule is CC(C)CN(Cc1cccc(OS(=O)(=O)c2cccc(C(F)(F)F)c2)c1)C(=O)c1ccc(C(F)(F)F)cc1. The number of rotatable bonds is 8. The highest BCUT2D eigenvalue weighted by Crippen LogP contribution is 2.32. The van der Waals surface area contributed by atoms with Gasteiger partial charge in [0.2, 0.25) is 0 Å². The van der Waals surface area contributed by atoms with Gasteiger partial charge < -0.3 is 9.08 Å². The summed E-state index contributed by atoms with van der Waals surface area (Å²) < 4.78 is 108. The van der Waals surface area contributed by atoms with Crippen LogP contribution >= 0.6 is 0 Å². The van der Waals surface area contributed by atoms with E-state index in [0.29, 0.717) is 11.6 Å². The number of hydrogen-bond acceptors (Lipinski definition) is 4. The van der Waals surface area contributed by atoms with Crippen LogP contribution in [0.2, 0.25) is 0 Å². The van der Waals surface area contributed by atoms with E-state index in [1.807, 2.05) is 13.8 Å². The minimum Gasteiger partial charge on any atom is -0.379 e. The highest BCUT2D eigenvalue weighted by Gasteiger charge is 2.32. The third-order valence-electron chi connectivity index (χ3n) is 5.26. The molecule has 3 aromatic carbocycles. The molecule has 12 heteroatoms. The molecule has 3 aromatic rings. The standard InChI is InChI=1S/C26H23F6NO4S/c1-17(2)15-33(24(34)19-9-11-20(12-10-19)25(27,28)29)16-18-5-3-7-22(13-18)37-38(35,36)23-8-4-6-21(14-23)26(30,31)32/h3-14,17H,15-16H2,1-2H3. The van der Waals surface area contributed by atoms with Gasteiger partial charge >= 0.3 is 22.5 Å². The number of carbonyl (C=O) groups is 1. The van der Waals surface area contributed by atoms with E-state index in [1.54, 1.807) is 6.07 Å². The van der Waals surface area contributed by atoms with Gasteiger partial charge in [0.1, 0.15) is 10.6 Å². The van der Waals surface area contributed by atoms with Gasteiger partial charge in [-0.25, -0.2) is 0 Å². The summed E-state index contributed by atoms with van der Waals surface area (Å²) in [5.41, 5.74) is -1.57.